The maximum absolute atomic E-state index is 14.1. The summed E-state index contributed by atoms with van der Waals surface area (Å²) in [6, 6.07) is 1.57. The highest BCUT2D eigenvalue weighted by atomic mass is 16.8. The summed E-state index contributed by atoms with van der Waals surface area (Å²) in [5.74, 6) is -8.41. The predicted molar refractivity (Wildman–Crippen MR) is 171 cm³/mol. The zero-order valence-corrected chi connectivity index (χ0v) is 30.5. The molecule has 1 aromatic rings. The molecule has 0 aromatic carbocycles. The number of fused-ring (bicyclic) bond motifs is 4. The van der Waals surface area contributed by atoms with Crippen LogP contribution in [0.4, 0.5) is 0 Å². The molecule has 4 bridgehead atoms. The highest BCUT2D eigenvalue weighted by molar-refractivity contribution is 5.77. The lowest BCUT2D eigenvalue weighted by Gasteiger charge is -2.75. The van der Waals surface area contributed by atoms with E-state index in [1.165, 1.54) is 12.5 Å². The lowest BCUT2D eigenvalue weighted by atomic mass is 9.36. The van der Waals surface area contributed by atoms with E-state index in [-0.39, 0.29) is 25.7 Å². The second-order valence-corrected chi connectivity index (χ2v) is 17.4. The summed E-state index contributed by atoms with van der Waals surface area (Å²) < 4.78 is 44.1. The van der Waals surface area contributed by atoms with Gasteiger partial charge in [-0.3, -0.25) is 19.2 Å². The topological polar surface area (TPSA) is 218 Å². The van der Waals surface area contributed by atoms with Gasteiger partial charge in [-0.2, -0.15) is 0 Å². The van der Waals surface area contributed by atoms with Crippen molar-refractivity contribution in [3.8, 4) is 0 Å². The Kier molecular flexibility index (Phi) is 7.16. The maximum Gasteiger partial charge on any atom is 0.309 e. The first-order valence-corrected chi connectivity index (χ1v) is 18.2. The van der Waals surface area contributed by atoms with Crippen LogP contribution in [-0.2, 0) is 47.6 Å². The van der Waals surface area contributed by atoms with Crippen molar-refractivity contribution in [1.29, 1.82) is 0 Å². The third kappa shape index (κ3) is 3.51. The van der Waals surface area contributed by atoms with Crippen LogP contribution in [0.1, 0.15) is 92.7 Å². The van der Waals surface area contributed by atoms with E-state index in [1.807, 2.05) is 0 Å². The largest absolute Gasteiger partial charge is 0.472 e. The summed E-state index contributed by atoms with van der Waals surface area (Å²) in [6.07, 6.45) is -6.35. The van der Waals surface area contributed by atoms with Crippen LogP contribution in [0.15, 0.2) is 23.0 Å². The fourth-order valence-corrected chi connectivity index (χ4v) is 12.2. The van der Waals surface area contributed by atoms with Crippen LogP contribution in [0.25, 0.3) is 0 Å². The van der Waals surface area contributed by atoms with Crippen molar-refractivity contribution in [3.05, 3.63) is 24.2 Å². The van der Waals surface area contributed by atoms with Gasteiger partial charge in [-0.1, -0.05) is 48.5 Å². The first-order valence-electron chi connectivity index (χ1n) is 18.2. The van der Waals surface area contributed by atoms with Crippen molar-refractivity contribution in [2.45, 2.75) is 145 Å². The lowest BCUT2D eigenvalue weighted by Crippen LogP contribution is -2.99. The smallest absolute Gasteiger partial charge is 0.309 e. The van der Waals surface area contributed by atoms with Gasteiger partial charge in [0.25, 0.3) is 0 Å². The van der Waals surface area contributed by atoms with Crippen molar-refractivity contribution in [2.75, 3.05) is 0 Å². The number of ether oxygens (including phenoxy) is 6. The molecular formula is C37H48O15. The minimum absolute atomic E-state index is 0.0501. The number of hydrogen-bond acceptors (Lipinski definition) is 15. The Morgan fingerprint density at radius 1 is 1.00 bits per heavy atom. The first kappa shape index (κ1) is 35.9. The number of esters is 4. The Bertz CT molecular complexity index is 1740. The van der Waals surface area contributed by atoms with Gasteiger partial charge in [-0.15, -0.1) is 0 Å². The van der Waals surface area contributed by atoms with E-state index < -0.39 is 123 Å². The standard InChI is InChI=1S/C37H48O15/c1-9-32-13-21-31(8,23(19-10-11-46-14-19)48-26(40)16(2)3)24(49-27(41)17(4)5)25(47-18(6)38)36(45)35(21,52-32)29(51-32)34(44)28(42)30(7)15-33(34,43)37(36)20(30)12-22(39)50-37/h10-11,14,16-17,20-21,23-25,28-29,42-45H,9,12-13,15H2,1-8H3/t20-,21+,23+,24-,25+,28-,29+,30+,31+,32?,33+,34-,35+,36+,37-/m0/s1. The van der Waals surface area contributed by atoms with Crippen LogP contribution in [0.2, 0.25) is 0 Å². The Balaban J connectivity index is 1.50. The van der Waals surface area contributed by atoms with Crippen LogP contribution >= 0.6 is 0 Å². The highest BCUT2D eigenvalue weighted by Crippen LogP contribution is 2.85. The van der Waals surface area contributed by atoms with Gasteiger partial charge < -0.3 is 53.3 Å². The van der Waals surface area contributed by atoms with Gasteiger partial charge in [-0.05, 0) is 18.9 Å². The van der Waals surface area contributed by atoms with E-state index in [2.05, 4.69) is 0 Å². The van der Waals surface area contributed by atoms with Gasteiger partial charge in [-0.25, -0.2) is 0 Å². The summed E-state index contributed by atoms with van der Waals surface area (Å²) in [6.45, 7) is 12.6. The summed E-state index contributed by atoms with van der Waals surface area (Å²) in [5, 5.41) is 52.5. The van der Waals surface area contributed by atoms with E-state index in [1.54, 1.807) is 54.5 Å². The van der Waals surface area contributed by atoms with Crippen LogP contribution in [0.3, 0.4) is 0 Å². The fourth-order valence-electron chi connectivity index (χ4n) is 12.2. The molecule has 7 aliphatic rings. The molecule has 8 rings (SSSR count). The van der Waals surface area contributed by atoms with Gasteiger partial charge >= 0.3 is 23.9 Å². The van der Waals surface area contributed by atoms with Crippen LogP contribution in [-0.4, -0.2) is 103 Å². The highest BCUT2D eigenvalue weighted by Gasteiger charge is 3.05. The van der Waals surface area contributed by atoms with Crippen molar-refractivity contribution in [3.63, 3.8) is 0 Å². The van der Waals surface area contributed by atoms with Gasteiger partial charge in [0.15, 0.2) is 34.8 Å². The number of carbonyl (C=O) groups is 4. The Hall–Kier alpha value is -3.08. The van der Waals surface area contributed by atoms with E-state index in [9.17, 15) is 39.6 Å². The zero-order valence-electron chi connectivity index (χ0n) is 30.5. The summed E-state index contributed by atoms with van der Waals surface area (Å²) >= 11 is 0. The van der Waals surface area contributed by atoms with Crippen LogP contribution < -0.4 is 0 Å². The van der Waals surface area contributed by atoms with E-state index in [0.717, 1.165) is 6.92 Å². The molecule has 1 aromatic heterocycles. The Morgan fingerprint density at radius 2 is 1.67 bits per heavy atom. The molecule has 15 atom stereocenters. The average molecular weight is 733 g/mol. The molecular weight excluding hydrogens is 684 g/mol. The number of rotatable bonds is 8. The molecule has 1 unspecified atom stereocenters. The molecule has 4 saturated carbocycles. The molecule has 3 saturated heterocycles. The molecule has 0 amide bonds. The predicted octanol–water partition coefficient (Wildman–Crippen LogP) is 1.61. The van der Waals surface area contributed by atoms with Crippen LogP contribution in [0, 0.1) is 34.5 Å². The quantitative estimate of drug-likeness (QED) is 0.221. The lowest BCUT2D eigenvalue weighted by molar-refractivity contribution is -0.447. The summed E-state index contributed by atoms with van der Waals surface area (Å²) in [7, 11) is 0. The third-order valence-corrected chi connectivity index (χ3v) is 14.3. The zero-order chi connectivity index (χ0) is 38.0. The first-order chi connectivity index (χ1) is 24.1. The van der Waals surface area contributed by atoms with E-state index in [0.29, 0.717) is 5.56 Å². The summed E-state index contributed by atoms with van der Waals surface area (Å²) in [5.41, 5.74) is -15.6. The molecule has 3 aliphatic heterocycles. The van der Waals surface area contributed by atoms with Crippen LogP contribution in [0.5, 0.6) is 0 Å². The minimum Gasteiger partial charge on any atom is -0.472 e. The number of aliphatic hydroxyl groups is 4. The molecule has 4 aliphatic carbocycles. The monoisotopic (exact) mass is 732 g/mol. The van der Waals surface area contributed by atoms with Gasteiger partial charge in [0.1, 0.15) is 23.4 Å². The van der Waals surface area contributed by atoms with Gasteiger partial charge in [0.2, 0.25) is 0 Å². The molecule has 4 N–H and O–H groups in total. The van der Waals surface area contributed by atoms with Gasteiger partial charge in [0.05, 0.1) is 42.3 Å². The molecule has 15 heteroatoms. The molecule has 7 fully saturated rings. The van der Waals surface area contributed by atoms with Crippen molar-refractivity contribution in [1.82, 2.24) is 0 Å². The third-order valence-electron chi connectivity index (χ3n) is 14.3. The average Bonchev–Trinajstić information content (AvgIpc) is 3.91. The van der Waals surface area contributed by atoms with Gasteiger partial charge in [0, 0.05) is 36.2 Å². The molecule has 4 heterocycles. The van der Waals surface area contributed by atoms with E-state index >= 15 is 0 Å². The van der Waals surface area contributed by atoms with Crippen molar-refractivity contribution >= 4 is 23.9 Å². The fraction of sp³-hybridized carbons (Fsp3) is 0.784. The normalized spacial score (nSPS) is 50.9. The Labute approximate surface area is 300 Å². The maximum atomic E-state index is 14.1. The molecule has 286 valence electrons. The molecule has 2 spiro atoms. The second kappa shape index (κ2) is 10.4. The van der Waals surface area contributed by atoms with Crippen molar-refractivity contribution in [2.24, 2.45) is 34.5 Å². The minimum atomic E-state index is -2.81. The number of hydrogen-bond donors (Lipinski definition) is 4. The molecule has 0 radical (unpaired) electrons. The number of furan rings is 1. The van der Waals surface area contributed by atoms with E-state index in [4.69, 9.17) is 32.8 Å². The molecule has 52 heavy (non-hydrogen) atoms. The number of carbonyl (C=O) groups excluding carboxylic acids is 4. The molecule has 15 nitrogen and oxygen atoms in total. The second-order valence-electron chi connectivity index (χ2n) is 17.4. The number of aliphatic hydroxyl groups excluding tert-OH is 1. The SMILES string of the molecule is CCC12C[C@@H]3[C@](C)([C@H](OC(=O)C(C)C)c4ccoc4)[C@@H](OC(=O)C(C)C)[C@@H](OC(C)=O)[C@@]4(O)[C@]3(O1)[C@H](O2)[C@@]1(O)[C@@H](O)[C@]2(C)C[C@]1(O)[C@]41OC(=O)C[C@@H]21. The Morgan fingerprint density at radius 3 is 2.25 bits per heavy atom. The summed E-state index contributed by atoms with van der Waals surface area (Å²) in [4.78, 5) is 54.4. The van der Waals surface area contributed by atoms with Crippen molar-refractivity contribution < 1.29 is 72.4 Å².